The second kappa shape index (κ2) is 15.7. The first-order valence-corrected chi connectivity index (χ1v) is 23.6. The van der Waals surface area contributed by atoms with Gasteiger partial charge < -0.3 is 4.57 Å². The Bertz CT molecular complexity index is 4320. The summed E-state index contributed by atoms with van der Waals surface area (Å²) in [5.41, 5.74) is 16.9. The van der Waals surface area contributed by atoms with Crippen LogP contribution in [0.1, 0.15) is 0 Å². The van der Waals surface area contributed by atoms with E-state index < -0.39 is 0 Å². The number of benzene rings is 12. The minimum absolute atomic E-state index is 0.858. The van der Waals surface area contributed by atoms with Gasteiger partial charge in [-0.15, -0.1) is 0 Å². The Morgan fingerprint density at radius 1 is 0.261 bits per heavy atom. The van der Waals surface area contributed by atoms with Gasteiger partial charge in [-0.2, -0.15) is 0 Å². The standard InChI is InChI=1S/C66H41N3/c1-2-17-47(18-3-1)69-63-32-9-8-21-58(63)59-38-37-44(40-64(59)69)42-33-35-43(36-34-42)48-24-11-28-52-50(48)26-13-30-54(52)55-31-14-27-51-49(25-12-29-53(51)55)45-15-10-16-46(39-45)62-41-67-65-60-22-6-4-19-56(60)57-20-5-7-23-61(57)66(65)68-62/h1-41H. The third-order valence-corrected chi connectivity index (χ3v) is 14.2. The highest BCUT2D eigenvalue weighted by Crippen LogP contribution is 2.42. The molecule has 3 heteroatoms. The molecule has 0 atom stereocenters. The van der Waals surface area contributed by atoms with Gasteiger partial charge in [0.25, 0.3) is 0 Å². The van der Waals surface area contributed by atoms with E-state index in [-0.39, 0.29) is 0 Å². The molecule has 0 saturated heterocycles. The fraction of sp³-hybridized carbons (Fsp3) is 0. The molecule has 0 aliphatic heterocycles. The van der Waals surface area contributed by atoms with Crippen molar-refractivity contribution < 1.29 is 0 Å². The second-order valence-electron chi connectivity index (χ2n) is 18.0. The van der Waals surface area contributed by atoms with Gasteiger partial charge in [-0.25, -0.2) is 4.98 Å². The average molecular weight is 876 g/mol. The molecule has 0 N–H and O–H groups in total. The SMILES string of the molecule is c1ccc(-n2c3ccccc3c3ccc(-c4ccc(-c5cccc6c(-c7cccc8c(-c9cccc(-c%10cnc%11c%12ccccc%12c%12ccccc%12c%11n%10)c9)cccc78)cccc56)cc4)cc32)cc1. The van der Waals surface area contributed by atoms with Crippen molar-refractivity contribution in [3.63, 3.8) is 0 Å². The van der Waals surface area contributed by atoms with E-state index in [0.29, 0.717) is 0 Å². The van der Waals surface area contributed by atoms with Gasteiger partial charge in [-0.05, 0) is 107 Å². The van der Waals surface area contributed by atoms with E-state index in [1.807, 2.05) is 6.20 Å². The molecule has 2 aromatic heterocycles. The highest BCUT2D eigenvalue weighted by atomic mass is 15.0. The molecule has 14 aromatic rings. The predicted molar refractivity (Wildman–Crippen MR) is 291 cm³/mol. The van der Waals surface area contributed by atoms with E-state index in [1.165, 1.54) is 93.1 Å². The number of para-hydroxylation sites is 2. The number of aromatic nitrogens is 3. The fourth-order valence-corrected chi connectivity index (χ4v) is 11.0. The van der Waals surface area contributed by atoms with Crippen LogP contribution in [0.2, 0.25) is 0 Å². The van der Waals surface area contributed by atoms with Crippen LogP contribution in [0.4, 0.5) is 0 Å². The molecular weight excluding hydrogens is 835 g/mol. The van der Waals surface area contributed by atoms with Crippen molar-refractivity contribution in [2.24, 2.45) is 0 Å². The Balaban J connectivity index is 0.822. The molecule has 0 bridgehead atoms. The monoisotopic (exact) mass is 875 g/mol. The Hall–Kier alpha value is -9.18. The summed E-state index contributed by atoms with van der Waals surface area (Å²) in [5.74, 6) is 0. The van der Waals surface area contributed by atoms with Crippen LogP contribution >= 0.6 is 0 Å². The summed E-state index contributed by atoms with van der Waals surface area (Å²) in [4.78, 5) is 10.4. The fourth-order valence-electron chi connectivity index (χ4n) is 11.0. The number of hydrogen-bond acceptors (Lipinski definition) is 2. The quantitative estimate of drug-likeness (QED) is 0.156. The molecule has 14 rings (SSSR count). The minimum Gasteiger partial charge on any atom is -0.309 e. The highest BCUT2D eigenvalue weighted by Gasteiger charge is 2.17. The Labute approximate surface area is 398 Å². The lowest BCUT2D eigenvalue weighted by molar-refractivity contribution is 1.18. The van der Waals surface area contributed by atoms with Gasteiger partial charge in [-0.1, -0.05) is 212 Å². The molecule has 12 aromatic carbocycles. The number of rotatable bonds is 6. The smallest absolute Gasteiger partial charge is 0.0979 e. The van der Waals surface area contributed by atoms with E-state index in [2.05, 4.69) is 247 Å². The molecule has 0 aliphatic carbocycles. The zero-order valence-electron chi connectivity index (χ0n) is 37.5. The summed E-state index contributed by atoms with van der Waals surface area (Å²) < 4.78 is 2.38. The summed E-state index contributed by atoms with van der Waals surface area (Å²) in [6.07, 6.45) is 1.93. The van der Waals surface area contributed by atoms with Crippen LogP contribution in [0, 0.1) is 0 Å². The van der Waals surface area contributed by atoms with Gasteiger partial charge >= 0.3 is 0 Å². The van der Waals surface area contributed by atoms with Gasteiger partial charge in [0.05, 0.1) is 34.0 Å². The van der Waals surface area contributed by atoms with Crippen molar-refractivity contribution in [3.8, 4) is 61.5 Å². The highest BCUT2D eigenvalue weighted by molar-refractivity contribution is 6.23. The van der Waals surface area contributed by atoms with Crippen molar-refractivity contribution in [1.29, 1.82) is 0 Å². The maximum atomic E-state index is 5.32. The molecule has 2 heterocycles. The summed E-state index contributed by atoms with van der Waals surface area (Å²) in [6, 6.07) is 88.0. The third kappa shape index (κ3) is 6.29. The molecule has 0 saturated carbocycles. The van der Waals surface area contributed by atoms with E-state index in [9.17, 15) is 0 Å². The van der Waals surface area contributed by atoms with Crippen LogP contribution in [0.25, 0.3) is 137 Å². The van der Waals surface area contributed by atoms with Crippen LogP contribution in [0.3, 0.4) is 0 Å². The van der Waals surface area contributed by atoms with E-state index >= 15 is 0 Å². The number of nitrogens with zero attached hydrogens (tertiary/aromatic N) is 3. The van der Waals surface area contributed by atoms with Gasteiger partial charge in [-0.3, -0.25) is 4.98 Å². The Kier molecular flexibility index (Phi) is 8.90. The molecule has 69 heavy (non-hydrogen) atoms. The molecule has 3 nitrogen and oxygen atoms in total. The first kappa shape index (κ1) is 39.0. The third-order valence-electron chi connectivity index (χ3n) is 14.2. The van der Waals surface area contributed by atoms with E-state index in [4.69, 9.17) is 9.97 Å². The number of hydrogen-bond donors (Lipinski definition) is 0. The van der Waals surface area contributed by atoms with E-state index in [1.54, 1.807) is 0 Å². The van der Waals surface area contributed by atoms with Crippen LogP contribution in [0.15, 0.2) is 249 Å². The van der Waals surface area contributed by atoms with E-state index in [0.717, 1.165) is 44.3 Å². The zero-order chi connectivity index (χ0) is 45.4. The predicted octanol–water partition coefficient (Wildman–Crippen LogP) is 17.7. The zero-order valence-corrected chi connectivity index (χ0v) is 37.5. The molecule has 320 valence electrons. The van der Waals surface area contributed by atoms with Gasteiger partial charge in [0.15, 0.2) is 0 Å². The summed E-state index contributed by atoms with van der Waals surface area (Å²) in [5, 5.41) is 12.0. The first-order chi connectivity index (χ1) is 34.2. The van der Waals surface area contributed by atoms with Crippen LogP contribution < -0.4 is 0 Å². The second-order valence-corrected chi connectivity index (χ2v) is 18.0. The molecule has 0 fully saturated rings. The van der Waals surface area contributed by atoms with Gasteiger partial charge in [0, 0.05) is 32.8 Å². The lowest BCUT2D eigenvalue weighted by Crippen LogP contribution is -1.93. The van der Waals surface area contributed by atoms with Gasteiger partial charge in [0.2, 0.25) is 0 Å². The molecule has 0 amide bonds. The molecular formula is C66H41N3. The molecule has 0 unspecified atom stereocenters. The van der Waals surface area contributed by atoms with Crippen LogP contribution in [-0.4, -0.2) is 14.5 Å². The van der Waals surface area contributed by atoms with Gasteiger partial charge in [0.1, 0.15) is 0 Å². The van der Waals surface area contributed by atoms with Crippen molar-refractivity contribution in [2.75, 3.05) is 0 Å². The summed E-state index contributed by atoms with van der Waals surface area (Å²) >= 11 is 0. The summed E-state index contributed by atoms with van der Waals surface area (Å²) in [6.45, 7) is 0. The van der Waals surface area contributed by atoms with Crippen molar-refractivity contribution in [1.82, 2.24) is 14.5 Å². The Morgan fingerprint density at radius 2 is 0.739 bits per heavy atom. The average Bonchev–Trinajstić information content (AvgIpc) is 3.76. The first-order valence-electron chi connectivity index (χ1n) is 23.6. The maximum Gasteiger partial charge on any atom is 0.0979 e. The molecule has 0 radical (unpaired) electrons. The van der Waals surface area contributed by atoms with Crippen LogP contribution in [0.5, 0.6) is 0 Å². The Morgan fingerprint density at radius 3 is 1.42 bits per heavy atom. The topological polar surface area (TPSA) is 30.7 Å². The van der Waals surface area contributed by atoms with Crippen LogP contribution in [-0.2, 0) is 0 Å². The van der Waals surface area contributed by atoms with Crippen molar-refractivity contribution in [2.45, 2.75) is 0 Å². The number of fused-ring (bicyclic) bond motifs is 11. The largest absolute Gasteiger partial charge is 0.309 e. The lowest BCUT2D eigenvalue weighted by atomic mass is 9.89. The molecule has 0 aliphatic rings. The summed E-state index contributed by atoms with van der Waals surface area (Å²) in [7, 11) is 0. The maximum absolute atomic E-state index is 5.32. The normalized spacial score (nSPS) is 11.8. The van der Waals surface area contributed by atoms with Crippen molar-refractivity contribution >= 4 is 75.9 Å². The van der Waals surface area contributed by atoms with Crippen molar-refractivity contribution in [3.05, 3.63) is 249 Å². The molecule has 0 spiro atoms. The lowest BCUT2D eigenvalue weighted by Gasteiger charge is -2.15. The minimum atomic E-state index is 0.858.